The Hall–Kier alpha value is -2.57. The second-order valence-corrected chi connectivity index (χ2v) is 8.35. The lowest BCUT2D eigenvalue weighted by atomic mass is 10.4. The molecular weight excluding hydrogens is 396 g/mol. The zero-order valence-corrected chi connectivity index (χ0v) is 15.7. The van der Waals surface area contributed by atoms with Gasteiger partial charge in [-0.2, -0.15) is 9.61 Å². The van der Waals surface area contributed by atoms with E-state index >= 15 is 0 Å². The molecule has 0 spiro atoms. The van der Waals surface area contributed by atoms with Crippen molar-refractivity contribution in [1.82, 2.24) is 24.8 Å². The number of amides is 1. The van der Waals surface area contributed by atoms with Crippen LogP contribution in [0.5, 0.6) is 0 Å². The maximum Gasteiger partial charge on any atom is 0.293 e. The lowest BCUT2D eigenvalue weighted by Crippen LogP contribution is -2.15. The molecule has 0 radical (unpaired) electrons. The predicted octanol–water partition coefficient (Wildman–Crippen LogP) is 2.45. The van der Waals surface area contributed by atoms with Gasteiger partial charge >= 0.3 is 0 Å². The number of fused-ring (bicyclic) bond motifs is 1. The van der Waals surface area contributed by atoms with E-state index in [-0.39, 0.29) is 17.2 Å². The first-order valence-electron chi connectivity index (χ1n) is 7.26. The third kappa shape index (κ3) is 3.52. The molecule has 12 heteroatoms. The highest BCUT2D eigenvalue weighted by atomic mass is 32.2. The largest absolute Gasteiger partial charge is 0.459 e. The van der Waals surface area contributed by atoms with E-state index in [4.69, 9.17) is 4.42 Å². The Morgan fingerprint density at radius 2 is 2.27 bits per heavy atom. The standard InChI is InChI=1S/C14H10N6O3S3/c1-7-19-20-10(21)5-8(15-13(20)25-7)6-24-14-18-17-12(26-14)16-11(22)9-3-2-4-23-9/h2-5H,6H2,1H3,(H,16,17,22). The summed E-state index contributed by atoms with van der Waals surface area (Å²) >= 11 is 3.98. The van der Waals surface area contributed by atoms with Crippen LogP contribution in [0.15, 0.2) is 38.0 Å². The number of anilines is 1. The zero-order valence-electron chi connectivity index (χ0n) is 13.2. The Bertz CT molecular complexity index is 1130. The van der Waals surface area contributed by atoms with Gasteiger partial charge in [-0.05, 0) is 19.1 Å². The van der Waals surface area contributed by atoms with E-state index < -0.39 is 0 Å². The highest BCUT2D eigenvalue weighted by Gasteiger charge is 2.13. The van der Waals surface area contributed by atoms with Crippen LogP contribution in [0.3, 0.4) is 0 Å². The molecule has 9 nitrogen and oxygen atoms in total. The molecule has 26 heavy (non-hydrogen) atoms. The second-order valence-electron chi connectivity index (χ2n) is 4.99. The fraction of sp³-hybridized carbons (Fsp3) is 0.143. The van der Waals surface area contributed by atoms with Crippen LogP contribution in [0.4, 0.5) is 5.13 Å². The number of carbonyl (C=O) groups is 1. The lowest BCUT2D eigenvalue weighted by Gasteiger charge is -1.98. The summed E-state index contributed by atoms with van der Waals surface area (Å²) in [4.78, 5) is 28.9. The summed E-state index contributed by atoms with van der Waals surface area (Å²) < 4.78 is 6.97. The van der Waals surface area contributed by atoms with Crippen molar-refractivity contribution in [2.24, 2.45) is 0 Å². The number of nitrogens with one attached hydrogen (secondary N) is 1. The van der Waals surface area contributed by atoms with Crippen LogP contribution >= 0.6 is 34.4 Å². The third-order valence-corrected chi connectivity index (χ3v) is 5.94. The Kier molecular flexibility index (Phi) is 4.53. The minimum absolute atomic E-state index is 0.201. The molecule has 0 unspecified atom stereocenters. The molecule has 132 valence electrons. The summed E-state index contributed by atoms with van der Waals surface area (Å²) in [5.41, 5.74) is 0.429. The van der Waals surface area contributed by atoms with E-state index in [0.29, 0.717) is 25.9 Å². The van der Waals surface area contributed by atoms with Gasteiger partial charge in [-0.1, -0.05) is 34.4 Å². The zero-order chi connectivity index (χ0) is 18.1. The molecule has 0 saturated carbocycles. The lowest BCUT2D eigenvalue weighted by molar-refractivity contribution is 0.0996. The Labute approximate surface area is 158 Å². The van der Waals surface area contributed by atoms with Gasteiger partial charge in [0.25, 0.3) is 11.5 Å². The van der Waals surface area contributed by atoms with Crippen molar-refractivity contribution < 1.29 is 9.21 Å². The third-order valence-electron chi connectivity index (χ3n) is 3.11. The van der Waals surface area contributed by atoms with E-state index in [0.717, 1.165) is 5.01 Å². The van der Waals surface area contributed by atoms with Gasteiger partial charge in [0.2, 0.25) is 10.1 Å². The van der Waals surface area contributed by atoms with Crippen molar-refractivity contribution in [2.45, 2.75) is 17.0 Å². The quantitative estimate of drug-likeness (QED) is 0.397. The maximum absolute atomic E-state index is 12.0. The fourth-order valence-electron chi connectivity index (χ4n) is 2.05. The Balaban J connectivity index is 1.43. The van der Waals surface area contributed by atoms with Crippen LogP contribution in [-0.2, 0) is 5.75 Å². The van der Waals surface area contributed by atoms with Crippen LogP contribution in [0.1, 0.15) is 21.3 Å². The monoisotopic (exact) mass is 406 g/mol. The molecule has 1 amide bonds. The molecule has 0 aliphatic carbocycles. The molecule has 0 saturated heterocycles. The van der Waals surface area contributed by atoms with Crippen molar-refractivity contribution in [3.05, 3.63) is 51.3 Å². The van der Waals surface area contributed by atoms with E-state index in [2.05, 4.69) is 25.6 Å². The first-order valence-corrected chi connectivity index (χ1v) is 9.88. The number of rotatable bonds is 5. The minimum atomic E-state index is -0.386. The van der Waals surface area contributed by atoms with Gasteiger partial charge < -0.3 is 4.42 Å². The summed E-state index contributed by atoms with van der Waals surface area (Å²) in [6.45, 7) is 1.83. The van der Waals surface area contributed by atoms with Crippen molar-refractivity contribution in [3.8, 4) is 0 Å². The number of hydrogen-bond donors (Lipinski definition) is 1. The predicted molar refractivity (Wildman–Crippen MR) is 98.0 cm³/mol. The van der Waals surface area contributed by atoms with Gasteiger partial charge in [0.1, 0.15) is 5.01 Å². The molecule has 0 aromatic carbocycles. The number of aryl methyl sites for hydroxylation is 1. The molecule has 4 aromatic heterocycles. The van der Waals surface area contributed by atoms with Gasteiger partial charge in [0.15, 0.2) is 10.1 Å². The van der Waals surface area contributed by atoms with E-state index in [9.17, 15) is 9.59 Å². The van der Waals surface area contributed by atoms with Crippen molar-refractivity contribution in [1.29, 1.82) is 0 Å². The highest BCUT2D eigenvalue weighted by molar-refractivity contribution is 8.00. The number of nitrogens with zero attached hydrogens (tertiary/aromatic N) is 5. The van der Waals surface area contributed by atoms with E-state index in [1.807, 2.05) is 6.92 Å². The van der Waals surface area contributed by atoms with Crippen LogP contribution in [0, 0.1) is 6.92 Å². The normalized spacial score (nSPS) is 11.1. The fourth-order valence-corrected chi connectivity index (χ4v) is 4.45. The van der Waals surface area contributed by atoms with Crippen LogP contribution in [0.25, 0.3) is 4.96 Å². The summed E-state index contributed by atoms with van der Waals surface area (Å²) in [5, 5.41) is 15.8. The number of furan rings is 1. The molecule has 0 atom stereocenters. The summed E-state index contributed by atoms with van der Waals surface area (Å²) in [6, 6.07) is 4.65. The molecule has 4 aromatic rings. The highest BCUT2D eigenvalue weighted by Crippen LogP contribution is 2.28. The van der Waals surface area contributed by atoms with Gasteiger partial charge in [0.05, 0.1) is 12.0 Å². The van der Waals surface area contributed by atoms with Crippen LogP contribution < -0.4 is 10.9 Å². The molecule has 1 N–H and O–H groups in total. The summed E-state index contributed by atoms with van der Waals surface area (Å²) in [5.74, 6) is 0.277. The molecule has 0 bridgehead atoms. The molecule has 4 heterocycles. The van der Waals surface area contributed by atoms with Crippen LogP contribution in [0.2, 0.25) is 0 Å². The summed E-state index contributed by atoms with van der Waals surface area (Å²) in [7, 11) is 0. The smallest absolute Gasteiger partial charge is 0.293 e. The number of aromatic nitrogens is 5. The van der Waals surface area contributed by atoms with Gasteiger partial charge in [-0.3, -0.25) is 14.9 Å². The van der Waals surface area contributed by atoms with Gasteiger partial charge in [-0.25, -0.2) is 4.98 Å². The van der Waals surface area contributed by atoms with E-state index in [1.54, 1.807) is 12.1 Å². The maximum atomic E-state index is 12.0. The molecular formula is C14H10N6O3S3. The molecule has 4 rings (SSSR count). The topological polar surface area (TPSA) is 115 Å². The average Bonchev–Trinajstić information content (AvgIpc) is 3.33. The van der Waals surface area contributed by atoms with Crippen molar-refractivity contribution in [3.63, 3.8) is 0 Å². The number of hydrogen-bond acceptors (Lipinski definition) is 10. The van der Waals surface area contributed by atoms with E-state index in [1.165, 1.54) is 51.3 Å². The number of carbonyl (C=O) groups excluding carboxylic acids is 1. The second kappa shape index (κ2) is 6.97. The molecule has 0 aliphatic heterocycles. The molecule has 0 aliphatic rings. The average molecular weight is 406 g/mol. The van der Waals surface area contributed by atoms with Crippen molar-refractivity contribution >= 4 is 50.4 Å². The first-order chi connectivity index (χ1) is 12.6. The number of thioether (sulfide) groups is 1. The Morgan fingerprint density at radius 1 is 1.38 bits per heavy atom. The SMILES string of the molecule is Cc1nn2c(=O)cc(CSc3nnc(NC(=O)c4ccco4)s3)nc2s1. The van der Waals surface area contributed by atoms with Gasteiger partial charge in [0, 0.05) is 11.8 Å². The Morgan fingerprint density at radius 3 is 3.08 bits per heavy atom. The molecule has 0 fully saturated rings. The van der Waals surface area contributed by atoms with Gasteiger partial charge in [-0.15, -0.1) is 10.2 Å². The van der Waals surface area contributed by atoms with Crippen molar-refractivity contribution in [2.75, 3.05) is 5.32 Å². The summed E-state index contributed by atoms with van der Waals surface area (Å²) in [6.07, 6.45) is 1.42. The minimum Gasteiger partial charge on any atom is -0.459 e. The first kappa shape index (κ1) is 16.9. The van der Waals surface area contributed by atoms with Crippen LogP contribution in [-0.4, -0.2) is 30.7 Å².